The quantitative estimate of drug-likeness (QED) is 0.504. The second kappa shape index (κ2) is 10.5. The first-order valence-corrected chi connectivity index (χ1v) is 10.2. The predicted molar refractivity (Wildman–Crippen MR) is 113 cm³/mol. The van der Waals surface area contributed by atoms with E-state index in [9.17, 15) is 4.79 Å². The van der Waals surface area contributed by atoms with Crippen molar-refractivity contribution in [1.29, 1.82) is 0 Å². The van der Waals surface area contributed by atoms with E-state index in [1.165, 1.54) is 0 Å². The van der Waals surface area contributed by atoms with Crippen LogP contribution in [-0.4, -0.2) is 28.6 Å². The van der Waals surface area contributed by atoms with Gasteiger partial charge in [0.1, 0.15) is 11.6 Å². The molecule has 1 aromatic heterocycles. The van der Waals surface area contributed by atoms with Gasteiger partial charge in [0.15, 0.2) is 0 Å². The molecule has 0 aliphatic carbocycles. The Balaban J connectivity index is 1.56. The summed E-state index contributed by atoms with van der Waals surface area (Å²) in [5.74, 6) is 2.11. The fraction of sp³-hybridized carbons (Fsp3) is 0.391. The van der Waals surface area contributed by atoms with Gasteiger partial charge in [0, 0.05) is 25.9 Å². The topological polar surface area (TPSA) is 56.2 Å². The van der Waals surface area contributed by atoms with Gasteiger partial charge in [-0.15, -0.1) is 0 Å². The van der Waals surface area contributed by atoms with E-state index in [-0.39, 0.29) is 5.91 Å². The van der Waals surface area contributed by atoms with E-state index in [1.807, 2.05) is 43.3 Å². The molecular formula is C23H29N3O2. The third-order valence-corrected chi connectivity index (χ3v) is 4.65. The van der Waals surface area contributed by atoms with Crippen molar-refractivity contribution in [1.82, 2.24) is 14.9 Å². The molecule has 0 saturated heterocycles. The summed E-state index contributed by atoms with van der Waals surface area (Å²) in [6, 6.07) is 18.2. The Hall–Kier alpha value is -2.82. The van der Waals surface area contributed by atoms with Crippen LogP contribution in [0.2, 0.25) is 0 Å². The zero-order valence-electron chi connectivity index (χ0n) is 16.6. The summed E-state index contributed by atoms with van der Waals surface area (Å²) in [5, 5.41) is 2.98. The number of benzene rings is 2. The van der Waals surface area contributed by atoms with Crippen molar-refractivity contribution in [3.8, 4) is 5.75 Å². The maximum atomic E-state index is 11.6. The molecule has 3 aromatic rings. The number of aryl methyl sites for hydroxylation is 2. The van der Waals surface area contributed by atoms with Gasteiger partial charge in [-0.1, -0.05) is 37.3 Å². The van der Waals surface area contributed by atoms with Gasteiger partial charge in [-0.2, -0.15) is 0 Å². The number of carbonyl (C=O) groups excluding carboxylic acids is 1. The summed E-state index contributed by atoms with van der Waals surface area (Å²) in [5.41, 5.74) is 2.18. The van der Waals surface area contributed by atoms with Crippen LogP contribution in [0.1, 0.15) is 38.4 Å². The fourth-order valence-corrected chi connectivity index (χ4v) is 3.28. The van der Waals surface area contributed by atoms with Crippen molar-refractivity contribution in [3.05, 3.63) is 60.4 Å². The number of amides is 1. The minimum Gasteiger partial charge on any atom is -0.494 e. The van der Waals surface area contributed by atoms with Gasteiger partial charge in [0.25, 0.3) is 0 Å². The molecule has 0 spiro atoms. The largest absolute Gasteiger partial charge is 0.494 e. The summed E-state index contributed by atoms with van der Waals surface area (Å²) >= 11 is 0. The van der Waals surface area contributed by atoms with Gasteiger partial charge < -0.3 is 14.6 Å². The third kappa shape index (κ3) is 5.59. The molecule has 1 amide bonds. The monoisotopic (exact) mass is 379 g/mol. The second-order valence-corrected chi connectivity index (χ2v) is 6.89. The highest BCUT2D eigenvalue weighted by molar-refractivity contribution is 5.76. The molecule has 2 aromatic carbocycles. The van der Waals surface area contributed by atoms with Gasteiger partial charge in [-0.05, 0) is 43.5 Å². The molecule has 5 heteroatoms. The zero-order chi connectivity index (χ0) is 19.6. The Labute approximate surface area is 166 Å². The Morgan fingerprint density at radius 1 is 1.07 bits per heavy atom. The smallest absolute Gasteiger partial charge is 0.219 e. The van der Waals surface area contributed by atoms with Crippen molar-refractivity contribution >= 4 is 16.9 Å². The molecule has 1 heterocycles. The highest BCUT2D eigenvalue weighted by Gasteiger charge is 2.10. The molecule has 0 aliphatic rings. The molecule has 5 nitrogen and oxygen atoms in total. The first-order chi connectivity index (χ1) is 13.8. The molecule has 0 bridgehead atoms. The Bertz CT molecular complexity index is 874. The zero-order valence-corrected chi connectivity index (χ0v) is 16.6. The lowest BCUT2D eigenvalue weighted by Gasteiger charge is -2.11. The lowest BCUT2D eigenvalue weighted by atomic mass is 10.2. The van der Waals surface area contributed by atoms with Gasteiger partial charge in [-0.25, -0.2) is 4.98 Å². The van der Waals surface area contributed by atoms with Crippen LogP contribution >= 0.6 is 0 Å². The average molecular weight is 380 g/mol. The number of ether oxygens (including phenoxy) is 1. The molecule has 1 N–H and O–H groups in total. The van der Waals surface area contributed by atoms with Crippen LogP contribution < -0.4 is 10.1 Å². The number of rotatable bonds is 11. The standard InChI is InChI=1S/C23H29N3O2/c1-2-10-23(27)24-16-8-15-22-25-20-13-6-7-14-21(20)26(22)17-9-18-28-19-11-4-3-5-12-19/h3-7,11-14H,2,8-10,15-18H2,1H3,(H,24,27). The van der Waals surface area contributed by atoms with E-state index in [0.29, 0.717) is 19.6 Å². The van der Waals surface area contributed by atoms with Gasteiger partial charge in [-0.3, -0.25) is 4.79 Å². The van der Waals surface area contributed by atoms with Gasteiger partial charge in [0.2, 0.25) is 5.91 Å². The van der Waals surface area contributed by atoms with E-state index in [0.717, 1.165) is 54.8 Å². The third-order valence-electron chi connectivity index (χ3n) is 4.65. The van der Waals surface area contributed by atoms with Crippen molar-refractivity contribution in [3.63, 3.8) is 0 Å². The minimum absolute atomic E-state index is 0.133. The number of hydrogen-bond acceptors (Lipinski definition) is 3. The lowest BCUT2D eigenvalue weighted by molar-refractivity contribution is -0.121. The van der Waals surface area contributed by atoms with E-state index < -0.39 is 0 Å². The molecule has 0 saturated carbocycles. The number of aromatic nitrogens is 2. The summed E-state index contributed by atoms with van der Waals surface area (Å²) in [4.78, 5) is 16.4. The van der Waals surface area contributed by atoms with Crippen molar-refractivity contribution < 1.29 is 9.53 Å². The molecule has 0 radical (unpaired) electrons. The second-order valence-electron chi connectivity index (χ2n) is 6.89. The first kappa shape index (κ1) is 19.9. The molecule has 0 unspecified atom stereocenters. The predicted octanol–water partition coefficient (Wildman–Crippen LogP) is 4.35. The molecule has 0 aliphatic heterocycles. The van der Waals surface area contributed by atoms with Crippen LogP contribution in [0, 0.1) is 0 Å². The van der Waals surface area contributed by atoms with Gasteiger partial charge >= 0.3 is 0 Å². The number of para-hydroxylation sites is 3. The maximum Gasteiger partial charge on any atom is 0.219 e. The molecule has 0 fully saturated rings. The van der Waals surface area contributed by atoms with Crippen molar-refractivity contribution in [2.75, 3.05) is 13.2 Å². The highest BCUT2D eigenvalue weighted by atomic mass is 16.5. The normalized spacial score (nSPS) is 10.9. The summed E-state index contributed by atoms with van der Waals surface area (Å²) in [7, 11) is 0. The van der Waals surface area contributed by atoms with Crippen LogP contribution in [0.4, 0.5) is 0 Å². The Kier molecular flexibility index (Phi) is 7.47. The first-order valence-electron chi connectivity index (χ1n) is 10.2. The van der Waals surface area contributed by atoms with E-state index in [1.54, 1.807) is 0 Å². The number of imidazole rings is 1. The minimum atomic E-state index is 0.133. The number of nitrogens with one attached hydrogen (secondary N) is 1. The van der Waals surface area contributed by atoms with E-state index >= 15 is 0 Å². The van der Waals surface area contributed by atoms with Crippen LogP contribution in [-0.2, 0) is 17.8 Å². The lowest BCUT2D eigenvalue weighted by Crippen LogP contribution is -2.24. The average Bonchev–Trinajstić information content (AvgIpc) is 3.07. The van der Waals surface area contributed by atoms with Crippen LogP contribution in [0.25, 0.3) is 11.0 Å². The van der Waals surface area contributed by atoms with Crippen LogP contribution in [0.3, 0.4) is 0 Å². The number of nitrogens with zero attached hydrogens (tertiary/aromatic N) is 2. The molecule has 0 atom stereocenters. The summed E-state index contributed by atoms with van der Waals surface area (Å²) < 4.78 is 8.11. The molecule has 28 heavy (non-hydrogen) atoms. The van der Waals surface area contributed by atoms with Crippen LogP contribution in [0.15, 0.2) is 54.6 Å². The number of hydrogen-bond donors (Lipinski definition) is 1. The number of fused-ring (bicyclic) bond motifs is 1. The summed E-state index contributed by atoms with van der Waals surface area (Å²) in [6.07, 6.45) is 4.13. The summed E-state index contributed by atoms with van der Waals surface area (Å²) in [6.45, 7) is 4.25. The van der Waals surface area contributed by atoms with Gasteiger partial charge in [0.05, 0.1) is 17.6 Å². The van der Waals surface area contributed by atoms with Crippen LogP contribution in [0.5, 0.6) is 5.75 Å². The Morgan fingerprint density at radius 3 is 2.68 bits per heavy atom. The number of carbonyl (C=O) groups is 1. The molecule has 148 valence electrons. The maximum absolute atomic E-state index is 11.6. The molecule has 3 rings (SSSR count). The van der Waals surface area contributed by atoms with Crippen molar-refractivity contribution in [2.24, 2.45) is 0 Å². The van der Waals surface area contributed by atoms with E-state index in [4.69, 9.17) is 9.72 Å². The Morgan fingerprint density at radius 2 is 1.86 bits per heavy atom. The highest BCUT2D eigenvalue weighted by Crippen LogP contribution is 2.18. The van der Waals surface area contributed by atoms with E-state index in [2.05, 4.69) is 28.1 Å². The SMILES string of the molecule is CCCC(=O)NCCCc1nc2ccccc2n1CCCOc1ccccc1. The molecular weight excluding hydrogens is 350 g/mol. The van der Waals surface area contributed by atoms with Crippen molar-refractivity contribution in [2.45, 2.75) is 45.6 Å². The fourth-order valence-electron chi connectivity index (χ4n) is 3.28.